The van der Waals surface area contributed by atoms with Crippen LogP contribution in [0.15, 0.2) is 65.6 Å². The smallest absolute Gasteiger partial charge is 0.270 e. The second kappa shape index (κ2) is 8.93. The van der Waals surface area contributed by atoms with Crippen LogP contribution < -0.4 is 9.80 Å². The van der Waals surface area contributed by atoms with Crippen molar-refractivity contribution in [1.29, 1.82) is 0 Å². The first-order valence-corrected chi connectivity index (χ1v) is 11.6. The van der Waals surface area contributed by atoms with Gasteiger partial charge in [0.15, 0.2) is 4.32 Å². The van der Waals surface area contributed by atoms with Gasteiger partial charge in [-0.1, -0.05) is 60.4 Å². The molecule has 2 saturated heterocycles. The topological polar surface area (TPSA) is 75.9 Å². The lowest BCUT2D eigenvalue weighted by Crippen LogP contribution is -2.36. The van der Waals surface area contributed by atoms with Gasteiger partial charge in [-0.25, -0.2) is 0 Å². The number of morpholine rings is 1. The highest BCUT2D eigenvalue weighted by Gasteiger charge is 2.34. The average molecular weight is 478 g/mol. The molecule has 0 unspecified atom stereocenters. The highest BCUT2D eigenvalue weighted by atomic mass is 32.2. The Morgan fingerprint density at radius 3 is 2.58 bits per heavy atom. The van der Waals surface area contributed by atoms with Crippen molar-refractivity contribution in [3.63, 3.8) is 0 Å². The average Bonchev–Trinajstić information content (AvgIpc) is 3.11. The number of carbonyl (C=O) groups excluding carboxylic acids is 1. The summed E-state index contributed by atoms with van der Waals surface area (Å²) in [5.41, 5.74) is 2.15. The van der Waals surface area contributed by atoms with Crippen molar-refractivity contribution in [2.24, 2.45) is 0 Å². The first kappa shape index (κ1) is 21.6. The van der Waals surface area contributed by atoms with Gasteiger partial charge in [-0.2, -0.15) is 0 Å². The van der Waals surface area contributed by atoms with E-state index in [2.05, 4.69) is 4.90 Å². The van der Waals surface area contributed by atoms with Crippen LogP contribution in [0.5, 0.6) is 0 Å². The van der Waals surface area contributed by atoms with Gasteiger partial charge in [0.05, 0.1) is 28.7 Å². The third-order valence-electron chi connectivity index (χ3n) is 5.66. The fraction of sp³-hybridized carbons (Fsp3) is 0.167. The third kappa shape index (κ3) is 4.10. The molecule has 1 amide bonds. The fourth-order valence-corrected chi connectivity index (χ4v) is 5.36. The summed E-state index contributed by atoms with van der Waals surface area (Å²) in [6, 6.07) is 18.3. The predicted molar refractivity (Wildman–Crippen MR) is 136 cm³/mol. The number of hydrogen-bond acceptors (Lipinski definition) is 7. The minimum absolute atomic E-state index is 0.0252. The van der Waals surface area contributed by atoms with Gasteiger partial charge in [0.25, 0.3) is 11.6 Å². The Kier molecular flexibility index (Phi) is 5.84. The van der Waals surface area contributed by atoms with E-state index in [1.165, 1.54) is 23.9 Å². The number of benzene rings is 3. The van der Waals surface area contributed by atoms with Gasteiger partial charge in [-0.05, 0) is 23.6 Å². The van der Waals surface area contributed by atoms with Crippen molar-refractivity contribution in [3.8, 4) is 0 Å². The highest BCUT2D eigenvalue weighted by Crippen LogP contribution is 2.40. The first-order valence-electron chi connectivity index (χ1n) is 10.4. The van der Waals surface area contributed by atoms with Crippen LogP contribution >= 0.6 is 24.0 Å². The van der Waals surface area contributed by atoms with E-state index in [4.69, 9.17) is 17.0 Å². The molecule has 0 radical (unpaired) electrons. The predicted octanol–water partition coefficient (Wildman–Crippen LogP) is 4.99. The molecule has 3 aromatic rings. The van der Waals surface area contributed by atoms with Crippen molar-refractivity contribution in [2.45, 2.75) is 0 Å². The largest absolute Gasteiger partial charge is 0.378 e. The van der Waals surface area contributed by atoms with E-state index in [1.807, 2.05) is 42.5 Å². The SMILES string of the molecule is O=C1/C(=C\c2cc([N+](=O)[O-])ccc2N2CCOCC2)SC(=S)N1c1cccc2ccccc12. The number of nitro benzene ring substituents is 1. The van der Waals surface area contributed by atoms with Gasteiger partial charge >= 0.3 is 0 Å². The van der Waals surface area contributed by atoms with E-state index in [1.54, 1.807) is 17.0 Å². The molecule has 2 aliphatic heterocycles. The van der Waals surface area contributed by atoms with E-state index < -0.39 is 4.92 Å². The Bertz CT molecular complexity index is 1310. The number of ether oxygens (including phenoxy) is 1. The summed E-state index contributed by atoms with van der Waals surface area (Å²) in [6.07, 6.45) is 1.71. The maximum Gasteiger partial charge on any atom is 0.270 e. The Morgan fingerprint density at radius 1 is 1.03 bits per heavy atom. The molecule has 0 bridgehead atoms. The quantitative estimate of drug-likeness (QED) is 0.227. The van der Waals surface area contributed by atoms with Crippen LogP contribution in [-0.2, 0) is 9.53 Å². The third-order valence-corrected chi connectivity index (χ3v) is 6.96. The molecule has 0 aromatic heterocycles. The van der Waals surface area contributed by atoms with Crippen molar-refractivity contribution in [1.82, 2.24) is 0 Å². The number of non-ortho nitro benzene ring substituents is 1. The molecule has 33 heavy (non-hydrogen) atoms. The van der Waals surface area contributed by atoms with E-state index in [-0.39, 0.29) is 11.6 Å². The fourth-order valence-electron chi connectivity index (χ4n) is 4.08. The summed E-state index contributed by atoms with van der Waals surface area (Å²) >= 11 is 6.78. The Hall–Kier alpha value is -3.27. The molecular weight excluding hydrogens is 458 g/mol. The van der Waals surface area contributed by atoms with Crippen LogP contribution in [0.3, 0.4) is 0 Å². The van der Waals surface area contributed by atoms with Gasteiger partial charge < -0.3 is 9.64 Å². The molecule has 0 N–H and O–H groups in total. The number of rotatable bonds is 4. The second-order valence-electron chi connectivity index (χ2n) is 7.62. The lowest BCUT2D eigenvalue weighted by Gasteiger charge is -2.30. The maximum absolute atomic E-state index is 13.5. The lowest BCUT2D eigenvalue weighted by atomic mass is 10.1. The zero-order chi connectivity index (χ0) is 22.9. The van der Waals surface area contributed by atoms with Crippen LogP contribution in [-0.4, -0.2) is 41.5 Å². The second-order valence-corrected chi connectivity index (χ2v) is 9.29. The van der Waals surface area contributed by atoms with E-state index in [0.29, 0.717) is 41.1 Å². The zero-order valence-electron chi connectivity index (χ0n) is 17.5. The minimum Gasteiger partial charge on any atom is -0.378 e. The number of anilines is 2. The number of carbonyl (C=O) groups is 1. The molecule has 2 fully saturated rings. The standard InChI is InChI=1S/C24H19N3O4S2/c28-23-22(33-24(32)26(23)21-7-3-5-16-4-1-2-6-19(16)21)15-17-14-18(27(29)30)8-9-20(17)25-10-12-31-13-11-25/h1-9,14-15H,10-13H2/b22-15+. The minimum atomic E-state index is -0.429. The van der Waals surface area contributed by atoms with Crippen LogP contribution in [0, 0.1) is 10.1 Å². The molecule has 166 valence electrons. The zero-order valence-corrected chi connectivity index (χ0v) is 19.1. The van der Waals surface area contributed by atoms with Crippen LogP contribution in [0.1, 0.15) is 5.56 Å². The Balaban J connectivity index is 1.56. The Morgan fingerprint density at radius 2 is 1.79 bits per heavy atom. The Labute approximate surface area is 199 Å². The molecule has 0 spiro atoms. The number of nitrogens with zero attached hydrogens (tertiary/aromatic N) is 3. The molecule has 2 aliphatic rings. The van der Waals surface area contributed by atoms with Gasteiger partial charge in [-0.15, -0.1) is 0 Å². The highest BCUT2D eigenvalue weighted by molar-refractivity contribution is 8.27. The number of nitro groups is 1. The number of thioether (sulfide) groups is 1. The summed E-state index contributed by atoms with van der Waals surface area (Å²) in [6.45, 7) is 2.52. The van der Waals surface area contributed by atoms with E-state index in [0.717, 1.165) is 22.1 Å². The molecule has 5 rings (SSSR count). The van der Waals surface area contributed by atoms with E-state index >= 15 is 0 Å². The van der Waals surface area contributed by atoms with Gasteiger partial charge in [0, 0.05) is 41.9 Å². The number of amides is 1. The van der Waals surface area contributed by atoms with E-state index in [9.17, 15) is 14.9 Å². The van der Waals surface area contributed by atoms with Crippen LogP contribution in [0.2, 0.25) is 0 Å². The normalized spacial score (nSPS) is 17.9. The summed E-state index contributed by atoms with van der Waals surface area (Å²) in [7, 11) is 0. The summed E-state index contributed by atoms with van der Waals surface area (Å²) < 4.78 is 5.87. The molecule has 9 heteroatoms. The van der Waals surface area contributed by atoms with Crippen LogP contribution in [0.4, 0.5) is 17.1 Å². The molecule has 7 nitrogen and oxygen atoms in total. The molecule has 0 atom stereocenters. The molecule has 3 aromatic carbocycles. The molecule has 2 heterocycles. The number of hydrogen-bond donors (Lipinski definition) is 0. The monoisotopic (exact) mass is 477 g/mol. The van der Waals surface area contributed by atoms with Gasteiger partial charge in [0.1, 0.15) is 0 Å². The molecule has 0 aliphatic carbocycles. The molecule has 0 saturated carbocycles. The first-order chi connectivity index (χ1) is 16.0. The summed E-state index contributed by atoms with van der Waals surface area (Å²) in [5, 5.41) is 13.4. The summed E-state index contributed by atoms with van der Waals surface area (Å²) in [4.78, 5) is 28.5. The van der Waals surface area contributed by atoms with Crippen LogP contribution in [0.25, 0.3) is 16.8 Å². The maximum atomic E-state index is 13.5. The van der Waals surface area contributed by atoms with Crippen molar-refractivity contribution in [3.05, 3.63) is 81.2 Å². The summed E-state index contributed by atoms with van der Waals surface area (Å²) in [5.74, 6) is -0.235. The van der Waals surface area contributed by atoms with Crippen molar-refractivity contribution >= 4 is 68.1 Å². The van der Waals surface area contributed by atoms with Crippen molar-refractivity contribution in [2.75, 3.05) is 36.1 Å². The van der Waals surface area contributed by atoms with Gasteiger partial charge in [-0.3, -0.25) is 19.8 Å². The lowest BCUT2D eigenvalue weighted by molar-refractivity contribution is -0.384. The number of fused-ring (bicyclic) bond motifs is 1. The number of thiocarbonyl (C=S) groups is 1. The molecular formula is C24H19N3O4S2. The van der Waals surface area contributed by atoms with Crippen molar-refractivity contribution < 1.29 is 14.5 Å². The van der Waals surface area contributed by atoms with Gasteiger partial charge in [0.2, 0.25) is 0 Å².